The van der Waals surface area contributed by atoms with E-state index in [0.29, 0.717) is 12.3 Å². The van der Waals surface area contributed by atoms with Crippen LogP contribution >= 0.6 is 0 Å². The Morgan fingerprint density at radius 1 is 1.46 bits per heavy atom. The molecule has 0 saturated heterocycles. The second-order valence-corrected chi connectivity index (χ2v) is 3.75. The number of hydrogen-bond acceptors (Lipinski definition) is 2. The molecule has 0 saturated carbocycles. The first kappa shape index (κ1) is 8.57. The van der Waals surface area contributed by atoms with Crippen LogP contribution in [0.3, 0.4) is 0 Å². The Kier molecular flexibility index (Phi) is 2.00. The van der Waals surface area contributed by atoms with Crippen LogP contribution in [0.4, 0.5) is 0 Å². The van der Waals surface area contributed by atoms with Crippen LogP contribution in [-0.4, -0.2) is 11.4 Å². The van der Waals surface area contributed by atoms with Crippen molar-refractivity contribution in [3.8, 4) is 5.75 Å². The van der Waals surface area contributed by atoms with E-state index in [1.54, 1.807) is 0 Å². The Labute approximate surface area is 78.2 Å². The van der Waals surface area contributed by atoms with Crippen LogP contribution in [-0.2, 0) is 0 Å². The van der Waals surface area contributed by atoms with Gasteiger partial charge < -0.3 is 9.84 Å². The van der Waals surface area contributed by atoms with Crippen molar-refractivity contribution < 1.29 is 9.84 Å². The van der Waals surface area contributed by atoms with Crippen LogP contribution in [0.25, 0.3) is 0 Å². The fourth-order valence-electron chi connectivity index (χ4n) is 1.78. The van der Waals surface area contributed by atoms with Crippen molar-refractivity contribution in [3.05, 3.63) is 29.3 Å². The number of aryl methyl sites for hydroxylation is 1. The largest absolute Gasteiger partial charge is 0.465 e. The summed E-state index contributed by atoms with van der Waals surface area (Å²) in [6.45, 7) is 4.18. The quantitative estimate of drug-likeness (QED) is 0.660. The summed E-state index contributed by atoms with van der Waals surface area (Å²) in [5, 5.41) is 9.37. The van der Waals surface area contributed by atoms with Crippen LogP contribution in [0, 0.1) is 6.92 Å². The van der Waals surface area contributed by atoms with Crippen LogP contribution in [0.1, 0.15) is 30.4 Å². The highest BCUT2D eigenvalue weighted by Gasteiger charge is 2.23. The highest BCUT2D eigenvalue weighted by atomic mass is 16.6. The van der Waals surface area contributed by atoms with Gasteiger partial charge in [-0.25, -0.2) is 0 Å². The predicted molar refractivity (Wildman–Crippen MR) is 50.8 cm³/mol. The Morgan fingerprint density at radius 2 is 2.23 bits per heavy atom. The van der Waals surface area contributed by atoms with E-state index >= 15 is 0 Å². The van der Waals surface area contributed by atoms with Crippen LogP contribution < -0.4 is 4.74 Å². The normalized spacial score (nSPS) is 26.4. The summed E-state index contributed by atoms with van der Waals surface area (Å²) in [5.74, 6) is 1.22. The second-order valence-electron chi connectivity index (χ2n) is 3.75. The Hall–Kier alpha value is -1.02. The Balaban J connectivity index is 2.43. The predicted octanol–water partition coefficient (Wildman–Crippen LogP) is 2.20. The van der Waals surface area contributed by atoms with Crippen molar-refractivity contribution >= 4 is 0 Å². The van der Waals surface area contributed by atoms with Crippen LogP contribution in [0.5, 0.6) is 5.75 Å². The van der Waals surface area contributed by atoms with Gasteiger partial charge in [0.25, 0.3) is 0 Å². The molecule has 0 amide bonds. The van der Waals surface area contributed by atoms with E-state index in [9.17, 15) is 5.11 Å². The fraction of sp³-hybridized carbons (Fsp3) is 0.455. The van der Waals surface area contributed by atoms with Crippen molar-refractivity contribution in [1.29, 1.82) is 0 Å². The van der Waals surface area contributed by atoms with Crippen molar-refractivity contribution in [1.82, 2.24) is 0 Å². The number of aliphatic hydroxyl groups is 1. The minimum absolute atomic E-state index is 0.388. The monoisotopic (exact) mass is 178 g/mol. The van der Waals surface area contributed by atoms with Crippen molar-refractivity contribution in [3.63, 3.8) is 0 Å². The number of fused-ring (bicyclic) bond motifs is 1. The molecule has 0 fully saturated rings. The topological polar surface area (TPSA) is 29.5 Å². The van der Waals surface area contributed by atoms with Crippen molar-refractivity contribution in [2.45, 2.75) is 32.5 Å². The maximum absolute atomic E-state index is 9.37. The van der Waals surface area contributed by atoms with Crippen LogP contribution in [0.2, 0.25) is 0 Å². The third-order valence-electron chi connectivity index (χ3n) is 2.51. The molecule has 2 atom stereocenters. The summed E-state index contributed by atoms with van der Waals surface area (Å²) in [6.07, 6.45) is 0.0569. The molecule has 0 aromatic heterocycles. The summed E-state index contributed by atoms with van der Waals surface area (Å²) < 4.78 is 5.31. The van der Waals surface area contributed by atoms with Gasteiger partial charge in [-0.2, -0.15) is 0 Å². The maximum atomic E-state index is 9.37. The SMILES string of the molecule is Cc1ccc2c(c1)C(C)CC(O)O2. The molecule has 1 N–H and O–H groups in total. The van der Waals surface area contributed by atoms with Crippen molar-refractivity contribution in [2.75, 3.05) is 0 Å². The first-order chi connectivity index (χ1) is 6.16. The molecule has 2 rings (SSSR count). The molecule has 1 aliphatic heterocycles. The lowest BCUT2D eigenvalue weighted by Crippen LogP contribution is -2.23. The summed E-state index contributed by atoms with van der Waals surface area (Å²) in [7, 11) is 0. The molecule has 2 nitrogen and oxygen atoms in total. The second kappa shape index (κ2) is 3.04. The minimum atomic E-state index is -0.634. The fourth-order valence-corrected chi connectivity index (χ4v) is 1.78. The highest BCUT2D eigenvalue weighted by molar-refractivity contribution is 5.40. The van der Waals surface area contributed by atoms with Gasteiger partial charge in [-0.05, 0) is 24.5 Å². The van der Waals surface area contributed by atoms with E-state index in [1.807, 2.05) is 12.1 Å². The van der Waals surface area contributed by atoms with Gasteiger partial charge in [-0.3, -0.25) is 0 Å². The summed E-state index contributed by atoms with van der Waals surface area (Å²) in [4.78, 5) is 0. The molecule has 1 aromatic carbocycles. The van der Waals surface area contributed by atoms with E-state index in [1.165, 1.54) is 11.1 Å². The number of ether oxygens (including phenoxy) is 1. The molecular formula is C11H14O2. The van der Waals surface area contributed by atoms with E-state index in [-0.39, 0.29) is 0 Å². The number of benzene rings is 1. The molecule has 2 unspecified atom stereocenters. The lowest BCUT2D eigenvalue weighted by atomic mass is 9.93. The zero-order valence-electron chi connectivity index (χ0n) is 7.95. The lowest BCUT2D eigenvalue weighted by Gasteiger charge is -2.27. The molecule has 0 bridgehead atoms. The molecule has 0 radical (unpaired) electrons. The number of rotatable bonds is 0. The molecule has 0 spiro atoms. The van der Waals surface area contributed by atoms with Gasteiger partial charge in [0, 0.05) is 6.42 Å². The van der Waals surface area contributed by atoms with Gasteiger partial charge >= 0.3 is 0 Å². The van der Waals surface area contributed by atoms with Gasteiger partial charge in [0.1, 0.15) is 5.75 Å². The van der Waals surface area contributed by atoms with Gasteiger partial charge in [0.15, 0.2) is 6.29 Å². The van der Waals surface area contributed by atoms with Gasteiger partial charge in [-0.15, -0.1) is 0 Å². The van der Waals surface area contributed by atoms with Gasteiger partial charge in [0.2, 0.25) is 0 Å². The average molecular weight is 178 g/mol. The summed E-state index contributed by atoms with van der Waals surface area (Å²) >= 11 is 0. The van der Waals surface area contributed by atoms with Gasteiger partial charge in [-0.1, -0.05) is 24.6 Å². The molecule has 13 heavy (non-hydrogen) atoms. The average Bonchev–Trinajstić information content (AvgIpc) is 2.06. The summed E-state index contributed by atoms with van der Waals surface area (Å²) in [5.41, 5.74) is 2.45. The van der Waals surface area contributed by atoms with E-state index < -0.39 is 6.29 Å². The van der Waals surface area contributed by atoms with Gasteiger partial charge in [0.05, 0.1) is 0 Å². The number of aliphatic hydroxyl groups excluding tert-OH is 1. The molecule has 70 valence electrons. The first-order valence-electron chi connectivity index (χ1n) is 4.62. The smallest absolute Gasteiger partial charge is 0.197 e. The lowest BCUT2D eigenvalue weighted by molar-refractivity contribution is -0.0375. The van der Waals surface area contributed by atoms with Crippen LogP contribution in [0.15, 0.2) is 18.2 Å². The van der Waals surface area contributed by atoms with E-state index in [0.717, 1.165) is 5.75 Å². The third-order valence-corrected chi connectivity index (χ3v) is 2.51. The van der Waals surface area contributed by atoms with E-state index in [2.05, 4.69) is 19.9 Å². The maximum Gasteiger partial charge on any atom is 0.197 e. The standard InChI is InChI=1S/C11H14O2/c1-7-3-4-10-9(5-7)8(2)6-11(12)13-10/h3-5,8,11-12H,6H2,1-2H3. The Morgan fingerprint density at radius 3 is 3.00 bits per heavy atom. The molecular weight excluding hydrogens is 164 g/mol. The van der Waals surface area contributed by atoms with E-state index in [4.69, 9.17) is 4.74 Å². The van der Waals surface area contributed by atoms with Crippen molar-refractivity contribution in [2.24, 2.45) is 0 Å². The molecule has 0 aliphatic carbocycles. The zero-order valence-corrected chi connectivity index (χ0v) is 7.95. The molecule has 2 heteroatoms. The summed E-state index contributed by atoms with van der Waals surface area (Å²) in [6, 6.07) is 6.07. The number of hydrogen-bond donors (Lipinski definition) is 1. The zero-order chi connectivity index (χ0) is 9.42. The first-order valence-corrected chi connectivity index (χ1v) is 4.62. The minimum Gasteiger partial charge on any atom is -0.465 e. The molecule has 1 aliphatic rings. The molecule has 1 heterocycles. The highest BCUT2D eigenvalue weighted by Crippen LogP contribution is 2.35. The third kappa shape index (κ3) is 1.54. The Bertz CT molecular complexity index is 320. The molecule has 1 aromatic rings.